The van der Waals surface area contributed by atoms with E-state index in [1.165, 1.54) is 63.1 Å². The highest BCUT2D eigenvalue weighted by Crippen LogP contribution is 2.49. The summed E-state index contributed by atoms with van der Waals surface area (Å²) >= 11 is 3.65. The number of hydrogen-bond acceptors (Lipinski definition) is 4. The van der Waals surface area contributed by atoms with Gasteiger partial charge in [0, 0.05) is 41.9 Å². The van der Waals surface area contributed by atoms with Gasteiger partial charge in [0.15, 0.2) is 0 Å². The normalized spacial score (nSPS) is 12.0. The molecule has 12 aromatic rings. The Morgan fingerprint density at radius 2 is 0.982 bits per heavy atom. The molecule has 8 aromatic carbocycles. The van der Waals surface area contributed by atoms with E-state index in [1.54, 1.807) is 11.3 Å². The molecular weight excluding hydrogens is 707 g/mol. The SMILES string of the molecule is c1ccc(-c2cccc(-c3nc(-n4c5ccccc5c5c6ccccc6c6c7ccc(-c8ccccc8)cc7sc6c54)nc4c3sc3ccccc34)c2)cc1. The molecule has 12 rings (SSSR count). The number of para-hydroxylation sites is 1. The third-order valence-electron chi connectivity index (χ3n) is 11.0. The molecule has 0 unspecified atom stereocenters. The lowest BCUT2D eigenvalue weighted by Gasteiger charge is -2.12. The first-order valence-electron chi connectivity index (χ1n) is 18.5. The van der Waals surface area contributed by atoms with Gasteiger partial charge in [-0.25, -0.2) is 9.97 Å². The molecular formula is C50H29N3S2. The fourth-order valence-electron chi connectivity index (χ4n) is 8.55. The topological polar surface area (TPSA) is 30.7 Å². The predicted octanol–water partition coefficient (Wildman–Crippen LogP) is 14.5. The van der Waals surface area contributed by atoms with Crippen molar-refractivity contribution in [3.05, 3.63) is 176 Å². The van der Waals surface area contributed by atoms with Crippen LogP contribution in [0.25, 0.3) is 113 Å². The van der Waals surface area contributed by atoms with Crippen LogP contribution in [-0.2, 0) is 0 Å². The Kier molecular flexibility index (Phi) is 6.67. The molecule has 0 fully saturated rings. The maximum Gasteiger partial charge on any atom is 0.235 e. The van der Waals surface area contributed by atoms with Gasteiger partial charge in [-0.15, -0.1) is 22.7 Å². The van der Waals surface area contributed by atoms with Gasteiger partial charge in [-0.05, 0) is 57.3 Å². The van der Waals surface area contributed by atoms with E-state index in [9.17, 15) is 0 Å². The summed E-state index contributed by atoms with van der Waals surface area (Å²) in [4.78, 5) is 11.1. The first kappa shape index (κ1) is 30.8. The summed E-state index contributed by atoms with van der Waals surface area (Å²) in [6, 6.07) is 63.3. The van der Waals surface area contributed by atoms with Crippen LogP contribution < -0.4 is 0 Å². The zero-order chi connectivity index (χ0) is 36.0. The van der Waals surface area contributed by atoms with E-state index in [1.807, 2.05) is 11.3 Å². The summed E-state index contributed by atoms with van der Waals surface area (Å²) < 4.78 is 7.17. The van der Waals surface area contributed by atoms with Gasteiger partial charge in [0.2, 0.25) is 5.95 Å². The van der Waals surface area contributed by atoms with E-state index in [4.69, 9.17) is 9.97 Å². The molecule has 0 radical (unpaired) electrons. The first-order valence-corrected chi connectivity index (χ1v) is 20.1. The van der Waals surface area contributed by atoms with Crippen molar-refractivity contribution in [3.63, 3.8) is 0 Å². The number of aromatic nitrogens is 3. The van der Waals surface area contributed by atoms with Gasteiger partial charge in [-0.1, -0.05) is 152 Å². The average molecular weight is 736 g/mol. The number of hydrogen-bond donors (Lipinski definition) is 0. The molecule has 5 heteroatoms. The zero-order valence-corrected chi connectivity index (χ0v) is 31.0. The van der Waals surface area contributed by atoms with Crippen LogP contribution in [0.3, 0.4) is 0 Å². The Morgan fingerprint density at radius 1 is 0.382 bits per heavy atom. The molecule has 3 nitrogen and oxygen atoms in total. The molecule has 0 amide bonds. The fourth-order valence-corrected chi connectivity index (χ4v) is 11.0. The highest BCUT2D eigenvalue weighted by Gasteiger charge is 2.25. The van der Waals surface area contributed by atoms with Gasteiger partial charge in [-0.2, -0.15) is 0 Å². The van der Waals surface area contributed by atoms with E-state index >= 15 is 0 Å². The Morgan fingerprint density at radius 3 is 1.76 bits per heavy atom. The third kappa shape index (κ3) is 4.61. The monoisotopic (exact) mass is 735 g/mol. The Bertz CT molecular complexity index is 3480. The minimum absolute atomic E-state index is 0.682. The highest BCUT2D eigenvalue weighted by atomic mass is 32.1. The van der Waals surface area contributed by atoms with Crippen LogP contribution in [0.15, 0.2) is 176 Å². The van der Waals surface area contributed by atoms with Gasteiger partial charge in [-0.3, -0.25) is 4.57 Å². The fraction of sp³-hybridized carbons (Fsp3) is 0. The van der Waals surface area contributed by atoms with Crippen molar-refractivity contribution in [1.29, 1.82) is 0 Å². The minimum Gasteiger partial charge on any atom is -0.276 e. The molecule has 0 spiro atoms. The van der Waals surface area contributed by atoms with Gasteiger partial charge in [0.25, 0.3) is 0 Å². The lowest BCUT2D eigenvalue weighted by Crippen LogP contribution is -2.03. The maximum absolute atomic E-state index is 5.61. The second-order valence-corrected chi connectivity index (χ2v) is 16.2. The maximum atomic E-state index is 5.61. The quantitative estimate of drug-likeness (QED) is 0.180. The molecule has 0 aliphatic carbocycles. The molecule has 55 heavy (non-hydrogen) atoms. The molecule has 4 aromatic heterocycles. The van der Waals surface area contributed by atoms with Crippen LogP contribution in [0, 0.1) is 0 Å². The molecule has 0 bridgehead atoms. The number of rotatable bonds is 4. The van der Waals surface area contributed by atoms with E-state index in [-0.39, 0.29) is 0 Å². The lowest BCUT2D eigenvalue weighted by atomic mass is 9.98. The summed E-state index contributed by atoms with van der Waals surface area (Å²) in [7, 11) is 0. The van der Waals surface area contributed by atoms with Gasteiger partial charge in [0.1, 0.15) is 0 Å². The molecule has 0 atom stereocenters. The zero-order valence-electron chi connectivity index (χ0n) is 29.4. The number of fused-ring (bicyclic) bond motifs is 13. The minimum atomic E-state index is 0.682. The standard InChI is InChI=1S/C50H29N3S2/c1-3-14-30(15-4-1)32-18-13-19-34(28-32)45-49-46(39-23-10-12-25-41(39)54-49)52-50(51-45)53-40-24-11-9-22-37(40)43-35-20-7-8-21-36(35)44-38-27-26-33(31-16-5-2-6-17-31)29-42(38)55-48(44)47(43)53/h1-29H. The van der Waals surface area contributed by atoms with Crippen LogP contribution in [0.1, 0.15) is 0 Å². The van der Waals surface area contributed by atoms with Crippen LogP contribution in [0.4, 0.5) is 0 Å². The molecule has 0 saturated carbocycles. The van der Waals surface area contributed by atoms with Crippen molar-refractivity contribution in [1.82, 2.24) is 14.5 Å². The van der Waals surface area contributed by atoms with E-state index < -0.39 is 0 Å². The summed E-state index contributed by atoms with van der Waals surface area (Å²) in [5.41, 5.74) is 10.1. The molecule has 4 heterocycles. The van der Waals surface area contributed by atoms with Crippen LogP contribution in [0.5, 0.6) is 0 Å². The van der Waals surface area contributed by atoms with Crippen LogP contribution in [0.2, 0.25) is 0 Å². The molecule has 0 aliphatic rings. The van der Waals surface area contributed by atoms with E-state index in [0.29, 0.717) is 5.95 Å². The number of thiophene rings is 2. The smallest absolute Gasteiger partial charge is 0.235 e. The van der Waals surface area contributed by atoms with Crippen molar-refractivity contribution in [2.24, 2.45) is 0 Å². The van der Waals surface area contributed by atoms with Crippen molar-refractivity contribution in [3.8, 4) is 39.5 Å². The van der Waals surface area contributed by atoms with Crippen LogP contribution in [-0.4, -0.2) is 14.5 Å². The highest BCUT2D eigenvalue weighted by molar-refractivity contribution is 7.27. The molecule has 0 saturated heterocycles. The van der Waals surface area contributed by atoms with Crippen LogP contribution >= 0.6 is 22.7 Å². The molecule has 0 N–H and O–H groups in total. The average Bonchev–Trinajstić information content (AvgIpc) is 3.94. The second-order valence-electron chi connectivity index (χ2n) is 14.1. The predicted molar refractivity (Wildman–Crippen MR) is 236 cm³/mol. The van der Waals surface area contributed by atoms with Crippen molar-refractivity contribution < 1.29 is 0 Å². The number of nitrogens with zero attached hydrogens (tertiary/aromatic N) is 3. The second kappa shape index (κ2) is 11.9. The van der Waals surface area contributed by atoms with Crippen molar-refractivity contribution >= 4 is 95.7 Å². The lowest BCUT2D eigenvalue weighted by molar-refractivity contribution is 1.02. The summed E-state index contributed by atoms with van der Waals surface area (Å²) in [5.74, 6) is 0.682. The summed E-state index contributed by atoms with van der Waals surface area (Å²) in [6.07, 6.45) is 0. The summed E-state index contributed by atoms with van der Waals surface area (Å²) in [5, 5.41) is 8.65. The number of benzene rings is 8. The van der Waals surface area contributed by atoms with Gasteiger partial charge >= 0.3 is 0 Å². The van der Waals surface area contributed by atoms with Gasteiger partial charge < -0.3 is 0 Å². The van der Waals surface area contributed by atoms with Crippen molar-refractivity contribution in [2.45, 2.75) is 0 Å². The Hall–Kier alpha value is -6.66. The first-order chi connectivity index (χ1) is 27.3. The molecule has 256 valence electrons. The van der Waals surface area contributed by atoms with Crippen molar-refractivity contribution in [2.75, 3.05) is 0 Å². The van der Waals surface area contributed by atoms with Gasteiger partial charge in [0.05, 0.1) is 31.6 Å². The van der Waals surface area contributed by atoms with E-state index in [2.05, 4.69) is 180 Å². The van der Waals surface area contributed by atoms with E-state index in [0.717, 1.165) is 43.5 Å². The summed E-state index contributed by atoms with van der Waals surface area (Å²) in [6.45, 7) is 0. The third-order valence-corrected chi connectivity index (χ3v) is 13.3. The Balaban J connectivity index is 1.22. The molecule has 0 aliphatic heterocycles. The Labute approximate surface area is 324 Å². The largest absolute Gasteiger partial charge is 0.276 e.